The fraction of sp³-hybridized carbons (Fsp3) is 0.417. The van der Waals surface area contributed by atoms with Crippen LogP contribution in [0.4, 0.5) is 0 Å². The number of hydrogen-bond donors (Lipinski definition) is 1. The van der Waals surface area contributed by atoms with Gasteiger partial charge in [0.25, 0.3) is 0 Å². The highest BCUT2D eigenvalue weighted by molar-refractivity contribution is 6.43. The Kier molecular flexibility index (Phi) is 6.56. The van der Waals surface area contributed by atoms with Gasteiger partial charge in [0.1, 0.15) is 6.61 Å². The van der Waals surface area contributed by atoms with E-state index in [4.69, 9.17) is 32.7 Å². The van der Waals surface area contributed by atoms with Gasteiger partial charge in [-0.3, -0.25) is 9.47 Å². The predicted octanol–water partition coefficient (Wildman–Crippen LogP) is 6.07. The van der Waals surface area contributed by atoms with E-state index in [0.29, 0.717) is 33.5 Å². The molecule has 31 heavy (non-hydrogen) atoms. The van der Waals surface area contributed by atoms with Crippen LogP contribution < -0.4 is 9.47 Å². The second-order valence-electron chi connectivity index (χ2n) is 8.29. The van der Waals surface area contributed by atoms with E-state index in [1.54, 1.807) is 17.7 Å². The minimum Gasteiger partial charge on any atom is -0.494 e. The number of fused-ring (bicyclic) bond motifs is 1. The summed E-state index contributed by atoms with van der Waals surface area (Å²) in [4.78, 5) is 2.44. The molecule has 7 heteroatoms. The van der Waals surface area contributed by atoms with Gasteiger partial charge < -0.3 is 14.6 Å². The van der Waals surface area contributed by atoms with Gasteiger partial charge in [-0.1, -0.05) is 30.1 Å². The minimum absolute atomic E-state index is 0.115. The first-order chi connectivity index (χ1) is 14.9. The van der Waals surface area contributed by atoms with Crippen molar-refractivity contribution < 1.29 is 14.6 Å². The highest BCUT2D eigenvalue weighted by Crippen LogP contribution is 2.40. The van der Waals surface area contributed by atoms with Gasteiger partial charge in [-0.25, -0.2) is 0 Å². The third-order valence-electron chi connectivity index (χ3n) is 6.17. The van der Waals surface area contributed by atoms with E-state index in [1.807, 2.05) is 31.3 Å². The van der Waals surface area contributed by atoms with Crippen LogP contribution in [0.5, 0.6) is 17.4 Å². The lowest BCUT2D eigenvalue weighted by Crippen LogP contribution is -2.35. The second kappa shape index (κ2) is 9.19. The monoisotopic (exact) mass is 462 g/mol. The molecule has 0 bridgehead atoms. The number of aryl methyl sites for hydroxylation is 1. The number of halogens is 2. The molecule has 166 valence electrons. The number of piperidine rings is 1. The molecular formula is C24H28Cl2N2O3. The molecule has 2 heterocycles. The number of hydrogen-bond acceptors (Lipinski definition) is 4. The highest BCUT2D eigenvalue weighted by Gasteiger charge is 2.18. The number of aromatic hydroxyl groups is 1. The third-order valence-corrected chi connectivity index (χ3v) is 7.05. The Hall–Kier alpha value is -2.08. The number of rotatable bonds is 6. The van der Waals surface area contributed by atoms with Gasteiger partial charge in [0.05, 0.1) is 22.8 Å². The van der Waals surface area contributed by atoms with Crippen LogP contribution in [0.1, 0.15) is 25.3 Å². The number of methoxy groups -OCH3 is 1. The van der Waals surface area contributed by atoms with Crippen LogP contribution in [0, 0.1) is 12.8 Å². The molecule has 4 rings (SSSR count). The van der Waals surface area contributed by atoms with Crippen LogP contribution in [-0.4, -0.2) is 47.9 Å². The standard InChI is InChI=1S/C24H28Cl2N2O3/c1-15-6-8-27(9-7-15)10-11-31-21-13-18(4-5-20(21)30-3)28-14-17-12-19(25)23(26)16(2)22(17)24(28)29/h4-5,12-15,29H,6-11H2,1-3H3. The smallest absolute Gasteiger partial charge is 0.204 e. The molecule has 0 amide bonds. The van der Waals surface area contributed by atoms with Crippen LogP contribution in [0.15, 0.2) is 30.5 Å². The van der Waals surface area contributed by atoms with Crippen LogP contribution in [-0.2, 0) is 0 Å². The molecule has 3 aromatic rings. The first-order valence-corrected chi connectivity index (χ1v) is 11.4. The second-order valence-corrected chi connectivity index (χ2v) is 9.08. The van der Waals surface area contributed by atoms with E-state index in [-0.39, 0.29) is 5.88 Å². The maximum Gasteiger partial charge on any atom is 0.204 e. The zero-order valence-corrected chi connectivity index (χ0v) is 19.6. The number of ether oxygens (including phenoxy) is 2. The molecule has 1 saturated heterocycles. The van der Waals surface area contributed by atoms with Gasteiger partial charge in [-0.15, -0.1) is 0 Å². The maximum absolute atomic E-state index is 10.9. The Morgan fingerprint density at radius 2 is 1.87 bits per heavy atom. The van der Waals surface area contributed by atoms with E-state index >= 15 is 0 Å². The number of aromatic nitrogens is 1. The molecule has 2 aromatic carbocycles. The largest absolute Gasteiger partial charge is 0.494 e. The van der Waals surface area contributed by atoms with Crippen molar-refractivity contribution in [1.29, 1.82) is 0 Å². The van der Waals surface area contributed by atoms with Gasteiger partial charge in [0, 0.05) is 29.6 Å². The lowest BCUT2D eigenvalue weighted by molar-refractivity contribution is 0.158. The first kappa shape index (κ1) is 22.1. The average molecular weight is 463 g/mol. The fourth-order valence-electron chi connectivity index (χ4n) is 4.19. The number of benzene rings is 2. The van der Waals surface area contributed by atoms with Gasteiger partial charge in [-0.05, 0) is 62.5 Å². The maximum atomic E-state index is 10.9. The molecule has 1 fully saturated rings. The summed E-state index contributed by atoms with van der Waals surface area (Å²) in [6.07, 6.45) is 4.33. The summed E-state index contributed by atoms with van der Waals surface area (Å²) in [5, 5.41) is 13.3. The lowest BCUT2D eigenvalue weighted by Gasteiger charge is -2.30. The zero-order chi connectivity index (χ0) is 22.1. The topological polar surface area (TPSA) is 46.9 Å². The number of likely N-dealkylation sites (tertiary alicyclic amines) is 1. The first-order valence-electron chi connectivity index (χ1n) is 10.6. The predicted molar refractivity (Wildman–Crippen MR) is 127 cm³/mol. The molecule has 0 aliphatic carbocycles. The molecule has 1 aromatic heterocycles. The van der Waals surface area contributed by atoms with Crippen molar-refractivity contribution in [3.05, 3.63) is 46.1 Å². The summed E-state index contributed by atoms with van der Waals surface area (Å²) in [7, 11) is 1.63. The summed E-state index contributed by atoms with van der Waals surface area (Å²) in [6, 6.07) is 7.39. The number of nitrogens with zero attached hydrogens (tertiary/aromatic N) is 2. The molecule has 5 nitrogen and oxygen atoms in total. The van der Waals surface area contributed by atoms with Crippen molar-refractivity contribution in [1.82, 2.24) is 9.47 Å². The summed E-state index contributed by atoms with van der Waals surface area (Å²) in [5.41, 5.74) is 1.52. The van der Waals surface area contributed by atoms with Gasteiger partial charge >= 0.3 is 0 Å². The molecule has 0 spiro atoms. The van der Waals surface area contributed by atoms with E-state index in [1.165, 1.54) is 12.8 Å². The van der Waals surface area contributed by atoms with Crippen LogP contribution in [0.3, 0.4) is 0 Å². The van der Waals surface area contributed by atoms with Crippen LogP contribution >= 0.6 is 23.2 Å². The van der Waals surface area contributed by atoms with Crippen LogP contribution in [0.25, 0.3) is 16.5 Å². The summed E-state index contributed by atoms with van der Waals surface area (Å²) >= 11 is 12.5. The zero-order valence-electron chi connectivity index (χ0n) is 18.1. The summed E-state index contributed by atoms with van der Waals surface area (Å²) in [5.74, 6) is 2.24. The van der Waals surface area contributed by atoms with Crippen molar-refractivity contribution in [3.8, 4) is 23.1 Å². The molecule has 1 N–H and O–H groups in total. The van der Waals surface area contributed by atoms with Crippen molar-refractivity contribution >= 4 is 34.0 Å². The normalized spacial score (nSPS) is 15.5. The average Bonchev–Trinajstić information content (AvgIpc) is 3.09. The van der Waals surface area contributed by atoms with Crippen molar-refractivity contribution in [3.63, 3.8) is 0 Å². The van der Waals surface area contributed by atoms with Crippen LogP contribution in [0.2, 0.25) is 10.0 Å². The molecule has 0 saturated carbocycles. The molecule has 0 unspecified atom stereocenters. The Bertz CT molecular complexity index is 1090. The molecule has 1 aliphatic heterocycles. The van der Waals surface area contributed by atoms with E-state index in [0.717, 1.165) is 42.2 Å². The fourth-order valence-corrected chi connectivity index (χ4v) is 4.60. The van der Waals surface area contributed by atoms with Gasteiger partial charge in [0.2, 0.25) is 5.88 Å². The SMILES string of the molecule is COc1ccc(-n2cc3cc(Cl)c(Cl)c(C)c3c2O)cc1OCCN1CCC(C)CC1. The van der Waals surface area contributed by atoms with Crippen molar-refractivity contribution in [2.24, 2.45) is 5.92 Å². The lowest BCUT2D eigenvalue weighted by atomic mass is 9.99. The molecule has 1 aliphatic rings. The van der Waals surface area contributed by atoms with Gasteiger partial charge in [0.15, 0.2) is 11.5 Å². The van der Waals surface area contributed by atoms with E-state index in [2.05, 4.69) is 11.8 Å². The summed E-state index contributed by atoms with van der Waals surface area (Å²) < 4.78 is 13.3. The molecule has 0 radical (unpaired) electrons. The molecule has 0 atom stereocenters. The summed E-state index contributed by atoms with van der Waals surface area (Å²) in [6.45, 7) is 7.87. The van der Waals surface area contributed by atoms with Crippen molar-refractivity contribution in [2.45, 2.75) is 26.7 Å². The third kappa shape index (κ3) is 4.45. The van der Waals surface area contributed by atoms with E-state index in [9.17, 15) is 5.11 Å². The Balaban J connectivity index is 1.58. The van der Waals surface area contributed by atoms with Crippen molar-refractivity contribution in [2.75, 3.05) is 33.4 Å². The quantitative estimate of drug-likeness (QED) is 0.482. The minimum atomic E-state index is 0.115. The Labute approximate surface area is 193 Å². The Morgan fingerprint density at radius 3 is 2.58 bits per heavy atom. The Morgan fingerprint density at radius 1 is 1.13 bits per heavy atom. The molecular weight excluding hydrogens is 435 g/mol. The van der Waals surface area contributed by atoms with E-state index < -0.39 is 0 Å². The highest BCUT2D eigenvalue weighted by atomic mass is 35.5. The van der Waals surface area contributed by atoms with Gasteiger partial charge in [-0.2, -0.15) is 0 Å².